The fourth-order valence-corrected chi connectivity index (χ4v) is 1.38. The van der Waals surface area contributed by atoms with E-state index in [1.54, 1.807) is 34.6 Å². The second kappa shape index (κ2) is 6.92. The van der Waals surface area contributed by atoms with Crippen LogP contribution in [0.3, 0.4) is 0 Å². The summed E-state index contributed by atoms with van der Waals surface area (Å²) < 4.78 is 5.13. The second-order valence-electron chi connectivity index (χ2n) is 6.90. The predicted molar refractivity (Wildman–Crippen MR) is 77.3 cm³/mol. The minimum Gasteiger partial charge on any atom is -0.444 e. The van der Waals surface area contributed by atoms with Crippen LogP contribution in [0.25, 0.3) is 0 Å². The van der Waals surface area contributed by atoms with E-state index in [0.717, 1.165) is 0 Å². The number of carbonyl (C=O) groups excluding carboxylic acids is 2. The molecule has 0 radical (unpaired) electrons. The van der Waals surface area contributed by atoms with Crippen LogP contribution < -0.4 is 10.6 Å². The topological polar surface area (TPSA) is 87.7 Å². The largest absolute Gasteiger partial charge is 0.444 e. The van der Waals surface area contributed by atoms with Gasteiger partial charge in [0, 0.05) is 6.54 Å². The lowest BCUT2D eigenvalue weighted by Crippen LogP contribution is -2.52. The highest BCUT2D eigenvalue weighted by Gasteiger charge is 2.27. The van der Waals surface area contributed by atoms with Crippen molar-refractivity contribution in [3.05, 3.63) is 0 Å². The number of aliphatic hydroxyl groups is 1. The van der Waals surface area contributed by atoms with Crippen molar-refractivity contribution >= 4 is 12.0 Å². The summed E-state index contributed by atoms with van der Waals surface area (Å²) in [6.45, 7) is 12.2. The van der Waals surface area contributed by atoms with Gasteiger partial charge in [-0.2, -0.15) is 0 Å². The number of hydrogen-bond donors (Lipinski definition) is 3. The highest BCUT2D eigenvalue weighted by Crippen LogP contribution is 2.09. The first kappa shape index (κ1) is 18.7. The Morgan fingerprint density at radius 1 is 1.15 bits per heavy atom. The third-order valence-electron chi connectivity index (χ3n) is 2.32. The van der Waals surface area contributed by atoms with Gasteiger partial charge in [0.2, 0.25) is 5.91 Å². The lowest BCUT2D eigenvalue weighted by Gasteiger charge is -2.26. The van der Waals surface area contributed by atoms with Crippen molar-refractivity contribution in [2.24, 2.45) is 5.92 Å². The maximum atomic E-state index is 12.0. The number of hydrogen-bond acceptors (Lipinski definition) is 4. The van der Waals surface area contributed by atoms with Crippen LogP contribution >= 0.6 is 0 Å². The van der Waals surface area contributed by atoms with Gasteiger partial charge >= 0.3 is 6.09 Å². The van der Waals surface area contributed by atoms with Crippen molar-refractivity contribution in [3.63, 3.8) is 0 Å². The zero-order valence-electron chi connectivity index (χ0n) is 13.5. The Balaban J connectivity index is 4.58. The van der Waals surface area contributed by atoms with Gasteiger partial charge in [0.15, 0.2) is 0 Å². The Morgan fingerprint density at radius 3 is 2.00 bits per heavy atom. The van der Waals surface area contributed by atoms with Crippen LogP contribution in [0.2, 0.25) is 0 Å². The Labute approximate surface area is 121 Å². The molecule has 0 aliphatic rings. The minimum absolute atomic E-state index is 0.0932. The third kappa shape index (κ3) is 8.74. The predicted octanol–water partition coefficient (Wildman–Crippen LogP) is 1.42. The maximum Gasteiger partial charge on any atom is 0.408 e. The molecule has 0 rings (SSSR count). The Bertz CT molecular complexity index is 340. The van der Waals surface area contributed by atoms with Crippen LogP contribution in [-0.2, 0) is 9.53 Å². The molecule has 0 bridgehead atoms. The molecule has 0 aromatic rings. The zero-order chi connectivity index (χ0) is 16.1. The standard InChI is InChI=1S/C14H28N2O4/c1-9(2)10(11(17)15-8-14(6,7)19)16-12(18)20-13(3,4)5/h9-10,19H,8H2,1-7H3,(H,15,17)(H,16,18). The first-order chi connectivity index (χ1) is 8.82. The second-order valence-corrected chi connectivity index (χ2v) is 6.90. The maximum absolute atomic E-state index is 12.0. The molecule has 20 heavy (non-hydrogen) atoms. The molecule has 0 saturated heterocycles. The van der Waals surface area contributed by atoms with Gasteiger partial charge in [-0.05, 0) is 40.5 Å². The van der Waals surface area contributed by atoms with E-state index in [0.29, 0.717) is 0 Å². The molecule has 1 atom stereocenters. The van der Waals surface area contributed by atoms with Crippen molar-refractivity contribution in [3.8, 4) is 0 Å². The smallest absolute Gasteiger partial charge is 0.408 e. The van der Waals surface area contributed by atoms with Gasteiger partial charge < -0.3 is 20.5 Å². The molecule has 2 amide bonds. The van der Waals surface area contributed by atoms with E-state index in [4.69, 9.17) is 4.74 Å². The van der Waals surface area contributed by atoms with Gasteiger partial charge in [0.25, 0.3) is 0 Å². The molecule has 0 fully saturated rings. The van der Waals surface area contributed by atoms with Crippen LogP contribution in [-0.4, -0.2) is 40.9 Å². The molecule has 1 unspecified atom stereocenters. The summed E-state index contributed by atoms with van der Waals surface area (Å²) in [4.78, 5) is 23.8. The van der Waals surface area contributed by atoms with E-state index in [2.05, 4.69) is 10.6 Å². The van der Waals surface area contributed by atoms with E-state index >= 15 is 0 Å². The van der Waals surface area contributed by atoms with Gasteiger partial charge in [-0.15, -0.1) is 0 Å². The molecule has 0 aromatic carbocycles. The average Bonchev–Trinajstić information content (AvgIpc) is 2.18. The molecule has 6 heteroatoms. The molecule has 0 spiro atoms. The van der Waals surface area contributed by atoms with Crippen molar-refractivity contribution in [1.29, 1.82) is 0 Å². The summed E-state index contributed by atoms with van der Waals surface area (Å²) >= 11 is 0. The fraction of sp³-hybridized carbons (Fsp3) is 0.857. The molecule has 0 aromatic heterocycles. The molecule has 0 saturated carbocycles. The number of amides is 2. The van der Waals surface area contributed by atoms with Crippen molar-refractivity contribution < 1.29 is 19.4 Å². The zero-order valence-corrected chi connectivity index (χ0v) is 13.5. The summed E-state index contributed by atoms with van der Waals surface area (Å²) in [7, 11) is 0. The minimum atomic E-state index is -0.997. The summed E-state index contributed by atoms with van der Waals surface area (Å²) in [6.07, 6.45) is -0.630. The van der Waals surface area contributed by atoms with Gasteiger partial charge in [-0.25, -0.2) is 4.79 Å². The number of ether oxygens (including phenoxy) is 1. The molecule has 6 nitrogen and oxygen atoms in total. The highest BCUT2D eigenvalue weighted by atomic mass is 16.6. The summed E-state index contributed by atoms with van der Waals surface area (Å²) in [5.41, 5.74) is -1.61. The summed E-state index contributed by atoms with van der Waals surface area (Å²) in [5.74, 6) is -0.433. The Hall–Kier alpha value is -1.30. The van der Waals surface area contributed by atoms with Crippen molar-refractivity contribution in [2.45, 2.75) is 65.7 Å². The molecule has 3 N–H and O–H groups in total. The Kier molecular flexibility index (Phi) is 6.47. The third-order valence-corrected chi connectivity index (χ3v) is 2.32. The van der Waals surface area contributed by atoms with E-state index in [9.17, 15) is 14.7 Å². The first-order valence-electron chi connectivity index (χ1n) is 6.81. The van der Waals surface area contributed by atoms with Crippen LogP contribution in [0.15, 0.2) is 0 Å². The van der Waals surface area contributed by atoms with Gasteiger partial charge in [-0.3, -0.25) is 4.79 Å². The van der Waals surface area contributed by atoms with Crippen LogP contribution in [0.5, 0.6) is 0 Å². The summed E-state index contributed by atoms with van der Waals surface area (Å²) in [5, 5.41) is 14.8. The quantitative estimate of drug-likeness (QED) is 0.714. The lowest BCUT2D eigenvalue weighted by atomic mass is 10.0. The van der Waals surface area contributed by atoms with Crippen LogP contribution in [0.1, 0.15) is 48.5 Å². The summed E-state index contributed by atoms with van der Waals surface area (Å²) in [6, 6.07) is -0.702. The van der Waals surface area contributed by atoms with Crippen LogP contribution in [0, 0.1) is 5.92 Å². The number of nitrogens with one attached hydrogen (secondary N) is 2. The molecular formula is C14H28N2O4. The monoisotopic (exact) mass is 288 g/mol. The van der Waals surface area contributed by atoms with E-state index in [-0.39, 0.29) is 18.4 Å². The SMILES string of the molecule is CC(C)C(NC(=O)OC(C)(C)C)C(=O)NCC(C)(C)O. The normalized spacial score (nSPS) is 13.8. The lowest BCUT2D eigenvalue weighted by molar-refractivity contribution is -0.125. The first-order valence-corrected chi connectivity index (χ1v) is 6.81. The van der Waals surface area contributed by atoms with E-state index < -0.39 is 23.3 Å². The molecule has 118 valence electrons. The van der Waals surface area contributed by atoms with Gasteiger partial charge in [0.05, 0.1) is 5.60 Å². The highest BCUT2D eigenvalue weighted by molar-refractivity contribution is 5.85. The van der Waals surface area contributed by atoms with E-state index in [1.807, 2.05) is 13.8 Å². The van der Waals surface area contributed by atoms with Crippen molar-refractivity contribution in [2.75, 3.05) is 6.54 Å². The molecular weight excluding hydrogens is 260 g/mol. The molecule has 0 aliphatic carbocycles. The molecule has 0 heterocycles. The van der Waals surface area contributed by atoms with E-state index in [1.165, 1.54) is 0 Å². The number of carbonyl (C=O) groups is 2. The number of alkyl carbamates (subject to hydrolysis) is 1. The molecule has 0 aliphatic heterocycles. The van der Waals surface area contributed by atoms with Crippen LogP contribution in [0.4, 0.5) is 4.79 Å². The number of rotatable bonds is 5. The van der Waals surface area contributed by atoms with Gasteiger partial charge in [0.1, 0.15) is 11.6 Å². The average molecular weight is 288 g/mol. The van der Waals surface area contributed by atoms with Crippen molar-refractivity contribution in [1.82, 2.24) is 10.6 Å². The fourth-order valence-electron chi connectivity index (χ4n) is 1.38. The van der Waals surface area contributed by atoms with Gasteiger partial charge in [-0.1, -0.05) is 13.8 Å². The Morgan fingerprint density at radius 2 is 1.65 bits per heavy atom.